The average Bonchev–Trinajstić information content (AvgIpc) is 3.30. The summed E-state index contributed by atoms with van der Waals surface area (Å²) in [5.74, 6) is 0.746. The Bertz CT molecular complexity index is 988. The smallest absolute Gasteiger partial charge is 0.251 e. The molecule has 1 aliphatic carbocycles. The van der Waals surface area contributed by atoms with E-state index < -0.39 is 10.0 Å². The van der Waals surface area contributed by atoms with E-state index in [1.54, 1.807) is 24.3 Å². The van der Waals surface area contributed by atoms with E-state index in [2.05, 4.69) is 17.4 Å². The topological polar surface area (TPSA) is 75.7 Å². The van der Waals surface area contributed by atoms with Gasteiger partial charge < -0.3 is 10.1 Å². The number of hydrogen-bond donors (Lipinski definition) is 1. The summed E-state index contributed by atoms with van der Waals surface area (Å²) in [5.41, 5.74) is 3.74. The number of nitrogens with zero attached hydrogens (tertiary/aromatic N) is 1. The Labute approximate surface area is 165 Å². The molecule has 0 spiro atoms. The minimum Gasteiger partial charge on any atom is -0.492 e. The average molecular weight is 401 g/mol. The summed E-state index contributed by atoms with van der Waals surface area (Å²) in [6.45, 7) is 1.22. The van der Waals surface area contributed by atoms with E-state index in [9.17, 15) is 13.2 Å². The Kier molecular flexibility index (Phi) is 5.26. The Morgan fingerprint density at radius 1 is 1.07 bits per heavy atom. The van der Waals surface area contributed by atoms with Gasteiger partial charge in [0.25, 0.3) is 5.91 Å². The highest BCUT2D eigenvalue weighted by Gasteiger charge is 2.28. The van der Waals surface area contributed by atoms with E-state index in [0.29, 0.717) is 37.4 Å². The van der Waals surface area contributed by atoms with Crippen molar-refractivity contribution in [3.8, 4) is 5.75 Å². The standard InChI is InChI=1S/C21H24N2O4S/c24-21(18-6-2-7-19(14-18)23-11-3-13-28(23,25)26)22-10-12-27-20-9-8-16-4-1-5-17(16)15-20/h2,6-9,14-15H,1,3-5,10-13H2,(H,22,24). The fourth-order valence-corrected chi connectivity index (χ4v) is 5.36. The van der Waals surface area contributed by atoms with Crippen LogP contribution in [-0.2, 0) is 22.9 Å². The van der Waals surface area contributed by atoms with Gasteiger partial charge in [0.15, 0.2) is 0 Å². The number of hydrogen-bond acceptors (Lipinski definition) is 4. The van der Waals surface area contributed by atoms with Crippen molar-refractivity contribution in [3.05, 3.63) is 59.2 Å². The number of amides is 1. The Morgan fingerprint density at radius 3 is 2.75 bits per heavy atom. The number of ether oxygens (including phenoxy) is 1. The van der Waals surface area contributed by atoms with Crippen molar-refractivity contribution in [2.75, 3.05) is 29.8 Å². The second-order valence-electron chi connectivity index (χ2n) is 7.18. The number of nitrogens with one attached hydrogen (secondary N) is 1. The minimum atomic E-state index is -3.26. The van der Waals surface area contributed by atoms with Crippen LogP contribution in [0.1, 0.15) is 34.3 Å². The van der Waals surface area contributed by atoms with E-state index in [-0.39, 0.29) is 11.7 Å². The third-order valence-corrected chi connectivity index (χ3v) is 7.09. The molecule has 2 aliphatic rings. The van der Waals surface area contributed by atoms with Crippen molar-refractivity contribution >= 4 is 21.6 Å². The third kappa shape index (κ3) is 3.99. The van der Waals surface area contributed by atoms with E-state index in [1.165, 1.54) is 21.9 Å². The zero-order valence-electron chi connectivity index (χ0n) is 15.7. The summed E-state index contributed by atoms with van der Waals surface area (Å²) in [6.07, 6.45) is 4.06. The van der Waals surface area contributed by atoms with E-state index in [0.717, 1.165) is 18.6 Å². The van der Waals surface area contributed by atoms with Crippen LogP contribution < -0.4 is 14.4 Å². The van der Waals surface area contributed by atoms with Crippen LogP contribution in [0.25, 0.3) is 0 Å². The molecule has 7 heteroatoms. The number of anilines is 1. The monoisotopic (exact) mass is 400 g/mol. The molecule has 0 radical (unpaired) electrons. The zero-order chi connectivity index (χ0) is 19.6. The molecule has 2 aromatic carbocycles. The van der Waals surface area contributed by atoms with Gasteiger partial charge in [0.05, 0.1) is 18.0 Å². The first-order valence-corrected chi connectivity index (χ1v) is 11.3. The molecule has 1 fully saturated rings. The van der Waals surface area contributed by atoms with Crippen molar-refractivity contribution in [2.45, 2.75) is 25.7 Å². The SMILES string of the molecule is O=C(NCCOc1ccc2c(c1)CCC2)c1cccc(N2CCCS2(=O)=O)c1. The lowest BCUT2D eigenvalue weighted by molar-refractivity contribution is 0.0947. The van der Waals surface area contributed by atoms with Crippen molar-refractivity contribution in [2.24, 2.45) is 0 Å². The van der Waals surface area contributed by atoms with Crippen LogP contribution >= 0.6 is 0 Å². The van der Waals surface area contributed by atoms with Gasteiger partial charge in [-0.15, -0.1) is 0 Å². The molecule has 4 rings (SSSR count). The van der Waals surface area contributed by atoms with Crippen molar-refractivity contribution in [1.29, 1.82) is 0 Å². The highest BCUT2D eigenvalue weighted by molar-refractivity contribution is 7.93. The molecule has 1 amide bonds. The molecule has 1 aliphatic heterocycles. The molecule has 0 saturated carbocycles. The fraction of sp³-hybridized carbons (Fsp3) is 0.381. The van der Waals surface area contributed by atoms with Gasteiger partial charge >= 0.3 is 0 Å². The van der Waals surface area contributed by atoms with Gasteiger partial charge in [-0.1, -0.05) is 12.1 Å². The maximum absolute atomic E-state index is 12.4. The van der Waals surface area contributed by atoms with E-state index >= 15 is 0 Å². The number of rotatable bonds is 6. The first-order chi connectivity index (χ1) is 13.5. The van der Waals surface area contributed by atoms with Crippen LogP contribution in [0.3, 0.4) is 0 Å². The summed E-state index contributed by atoms with van der Waals surface area (Å²) in [6, 6.07) is 12.9. The van der Waals surface area contributed by atoms with Gasteiger partial charge in [0.1, 0.15) is 12.4 Å². The summed E-state index contributed by atoms with van der Waals surface area (Å²) in [7, 11) is -3.26. The summed E-state index contributed by atoms with van der Waals surface area (Å²) in [4.78, 5) is 12.4. The normalized spacial score (nSPS) is 17.4. The molecule has 0 atom stereocenters. The molecule has 148 valence electrons. The summed E-state index contributed by atoms with van der Waals surface area (Å²) in [5, 5.41) is 2.83. The van der Waals surface area contributed by atoms with Gasteiger partial charge in [-0.2, -0.15) is 0 Å². The number of sulfonamides is 1. The van der Waals surface area contributed by atoms with Crippen molar-refractivity contribution in [3.63, 3.8) is 0 Å². The van der Waals surface area contributed by atoms with Crippen LogP contribution in [-0.4, -0.2) is 39.8 Å². The maximum atomic E-state index is 12.4. The largest absolute Gasteiger partial charge is 0.492 e. The number of aryl methyl sites for hydroxylation is 2. The molecule has 1 N–H and O–H groups in total. The first kappa shape index (κ1) is 18.8. The van der Waals surface area contributed by atoms with Gasteiger partial charge in [-0.25, -0.2) is 8.42 Å². The van der Waals surface area contributed by atoms with Gasteiger partial charge in [-0.05, 0) is 67.1 Å². The van der Waals surface area contributed by atoms with Gasteiger partial charge in [0.2, 0.25) is 10.0 Å². The Morgan fingerprint density at radius 2 is 1.93 bits per heavy atom. The van der Waals surface area contributed by atoms with Crippen LogP contribution in [0, 0.1) is 0 Å². The zero-order valence-corrected chi connectivity index (χ0v) is 16.5. The quantitative estimate of drug-likeness (QED) is 0.756. The second-order valence-corrected chi connectivity index (χ2v) is 9.19. The van der Waals surface area contributed by atoms with Crippen molar-refractivity contribution in [1.82, 2.24) is 5.32 Å². The molecule has 0 unspecified atom stereocenters. The highest BCUT2D eigenvalue weighted by atomic mass is 32.2. The molecule has 6 nitrogen and oxygen atoms in total. The molecular weight excluding hydrogens is 376 g/mol. The molecule has 0 bridgehead atoms. The first-order valence-electron chi connectivity index (χ1n) is 9.66. The molecule has 28 heavy (non-hydrogen) atoms. The van der Waals surface area contributed by atoms with Crippen LogP contribution in [0.5, 0.6) is 5.75 Å². The van der Waals surface area contributed by atoms with Crippen LogP contribution in [0.2, 0.25) is 0 Å². The maximum Gasteiger partial charge on any atom is 0.251 e. The lowest BCUT2D eigenvalue weighted by Crippen LogP contribution is -2.29. The molecular formula is C21H24N2O4S. The molecule has 1 saturated heterocycles. The number of benzene rings is 2. The van der Waals surface area contributed by atoms with Gasteiger partial charge in [-0.3, -0.25) is 9.10 Å². The predicted octanol–water partition coefficient (Wildman–Crippen LogP) is 2.52. The Balaban J connectivity index is 1.31. The minimum absolute atomic E-state index is 0.156. The second kappa shape index (κ2) is 7.83. The number of carbonyl (C=O) groups excluding carboxylic acids is 1. The lowest BCUT2D eigenvalue weighted by Gasteiger charge is -2.17. The van der Waals surface area contributed by atoms with E-state index in [4.69, 9.17) is 4.74 Å². The lowest BCUT2D eigenvalue weighted by atomic mass is 10.1. The van der Waals surface area contributed by atoms with Crippen molar-refractivity contribution < 1.29 is 17.9 Å². The number of carbonyl (C=O) groups is 1. The number of fused-ring (bicyclic) bond motifs is 1. The summed E-state index contributed by atoms with van der Waals surface area (Å²) >= 11 is 0. The molecule has 1 heterocycles. The fourth-order valence-electron chi connectivity index (χ4n) is 3.81. The van der Waals surface area contributed by atoms with Crippen LogP contribution in [0.4, 0.5) is 5.69 Å². The predicted molar refractivity (Wildman–Crippen MR) is 108 cm³/mol. The molecule has 0 aromatic heterocycles. The highest BCUT2D eigenvalue weighted by Crippen LogP contribution is 2.26. The molecule has 2 aromatic rings. The van der Waals surface area contributed by atoms with Gasteiger partial charge in [0, 0.05) is 12.1 Å². The third-order valence-electron chi connectivity index (χ3n) is 5.22. The van der Waals surface area contributed by atoms with E-state index in [1.807, 2.05) is 6.07 Å². The van der Waals surface area contributed by atoms with Crippen LogP contribution in [0.15, 0.2) is 42.5 Å². The summed E-state index contributed by atoms with van der Waals surface area (Å²) < 4.78 is 31.3. The Hall–Kier alpha value is -2.54.